The lowest BCUT2D eigenvalue weighted by Gasteiger charge is -2.39. The first-order chi connectivity index (χ1) is 9.59. The quantitative estimate of drug-likeness (QED) is 0.858. The molecule has 112 valence electrons. The van der Waals surface area contributed by atoms with Crippen molar-refractivity contribution in [3.05, 3.63) is 34.1 Å². The van der Waals surface area contributed by atoms with E-state index in [4.69, 9.17) is 5.73 Å². The van der Waals surface area contributed by atoms with Crippen LogP contribution in [0.2, 0.25) is 0 Å². The monoisotopic (exact) mass is 343 g/mol. The third-order valence-electron chi connectivity index (χ3n) is 4.59. The van der Waals surface area contributed by atoms with Crippen LogP contribution in [0.3, 0.4) is 0 Å². The molecular weight excluding hydrogens is 321 g/mol. The Morgan fingerprint density at radius 2 is 1.80 bits per heavy atom. The van der Waals surface area contributed by atoms with Crippen molar-refractivity contribution in [2.75, 3.05) is 6.54 Å². The van der Waals surface area contributed by atoms with Gasteiger partial charge in [0, 0.05) is 16.4 Å². The summed E-state index contributed by atoms with van der Waals surface area (Å²) in [6.07, 6.45) is 7.14. The number of aliphatic hydroxyl groups excluding tert-OH is 1. The third kappa shape index (κ3) is 3.41. The van der Waals surface area contributed by atoms with Crippen molar-refractivity contribution in [2.45, 2.75) is 51.0 Å². The van der Waals surface area contributed by atoms with Gasteiger partial charge in [0.1, 0.15) is 5.82 Å². The topological polar surface area (TPSA) is 46.2 Å². The molecule has 0 radical (unpaired) electrons. The zero-order chi connectivity index (χ0) is 14.6. The minimum Gasteiger partial charge on any atom is -0.388 e. The van der Waals surface area contributed by atoms with E-state index in [9.17, 15) is 9.50 Å². The van der Waals surface area contributed by atoms with E-state index in [-0.39, 0.29) is 11.2 Å². The van der Waals surface area contributed by atoms with Gasteiger partial charge in [-0.05, 0) is 30.5 Å². The normalized spacial score (nSPS) is 21.0. The molecule has 1 unspecified atom stereocenters. The van der Waals surface area contributed by atoms with E-state index < -0.39 is 6.10 Å². The van der Waals surface area contributed by atoms with Crippen LogP contribution in [-0.4, -0.2) is 11.7 Å². The molecule has 20 heavy (non-hydrogen) atoms. The Balaban J connectivity index is 2.28. The molecule has 3 N–H and O–H groups in total. The van der Waals surface area contributed by atoms with Gasteiger partial charge in [-0.2, -0.15) is 0 Å². The summed E-state index contributed by atoms with van der Waals surface area (Å²) in [4.78, 5) is 0. The highest BCUT2D eigenvalue weighted by Crippen LogP contribution is 2.45. The maximum atomic E-state index is 13.2. The molecule has 1 aliphatic rings. The molecule has 2 rings (SSSR count). The van der Waals surface area contributed by atoms with Gasteiger partial charge in [-0.1, -0.05) is 54.1 Å². The number of rotatable bonds is 3. The highest BCUT2D eigenvalue weighted by Gasteiger charge is 2.38. The average Bonchev–Trinajstić information content (AvgIpc) is 2.38. The second kappa shape index (κ2) is 7.01. The number of aliphatic hydroxyl groups is 1. The minimum absolute atomic E-state index is 0.277. The fourth-order valence-electron chi connectivity index (χ4n) is 3.25. The standard InChI is InChI=1S/C16H23BrFNO/c17-14-10-12(18)6-7-13(14)15(20)16(11-19)8-4-2-1-3-5-9-16/h6-7,10,15,20H,1-5,8-9,11,19H2. The molecule has 0 aliphatic heterocycles. The van der Waals surface area contributed by atoms with Gasteiger partial charge >= 0.3 is 0 Å². The van der Waals surface area contributed by atoms with E-state index in [1.54, 1.807) is 6.07 Å². The summed E-state index contributed by atoms with van der Waals surface area (Å²) in [6.45, 7) is 0.470. The fraction of sp³-hybridized carbons (Fsp3) is 0.625. The summed E-state index contributed by atoms with van der Waals surface area (Å²) < 4.78 is 13.8. The third-order valence-corrected chi connectivity index (χ3v) is 5.28. The molecule has 0 bridgehead atoms. The number of hydrogen-bond acceptors (Lipinski definition) is 2. The Bertz CT molecular complexity index is 444. The second-order valence-corrected chi connectivity index (χ2v) is 6.76. The van der Waals surface area contributed by atoms with Crippen LogP contribution in [-0.2, 0) is 0 Å². The van der Waals surface area contributed by atoms with Gasteiger partial charge < -0.3 is 10.8 Å². The molecule has 0 amide bonds. The van der Waals surface area contributed by atoms with Crippen molar-refractivity contribution in [1.82, 2.24) is 0 Å². The van der Waals surface area contributed by atoms with Crippen molar-refractivity contribution < 1.29 is 9.50 Å². The zero-order valence-corrected chi connectivity index (χ0v) is 13.3. The number of halogens is 2. The van der Waals surface area contributed by atoms with Crippen LogP contribution in [0.5, 0.6) is 0 Å². The number of benzene rings is 1. The maximum Gasteiger partial charge on any atom is 0.124 e. The van der Waals surface area contributed by atoms with Crippen LogP contribution >= 0.6 is 15.9 Å². The SMILES string of the molecule is NCC1(C(O)c2ccc(F)cc2Br)CCCCCCC1. The van der Waals surface area contributed by atoms with E-state index in [2.05, 4.69) is 15.9 Å². The van der Waals surface area contributed by atoms with E-state index in [0.29, 0.717) is 11.0 Å². The summed E-state index contributed by atoms with van der Waals surface area (Å²) >= 11 is 3.36. The van der Waals surface area contributed by atoms with Crippen molar-refractivity contribution >= 4 is 15.9 Å². The van der Waals surface area contributed by atoms with Crippen LogP contribution in [0.4, 0.5) is 4.39 Å². The molecular formula is C16H23BrFNO. The number of nitrogens with two attached hydrogens (primary N) is 1. The Hall–Kier alpha value is -0.450. The highest BCUT2D eigenvalue weighted by atomic mass is 79.9. The molecule has 0 heterocycles. The van der Waals surface area contributed by atoms with E-state index in [0.717, 1.165) is 31.2 Å². The molecule has 1 fully saturated rings. The minimum atomic E-state index is -0.638. The van der Waals surface area contributed by atoms with Gasteiger partial charge in [0.25, 0.3) is 0 Å². The lowest BCUT2D eigenvalue weighted by molar-refractivity contribution is 0.00796. The molecule has 0 saturated heterocycles. The maximum absolute atomic E-state index is 13.2. The molecule has 1 aromatic rings. The van der Waals surface area contributed by atoms with Crippen LogP contribution < -0.4 is 5.73 Å². The summed E-state index contributed by atoms with van der Waals surface area (Å²) in [5.41, 5.74) is 6.50. The van der Waals surface area contributed by atoms with Gasteiger partial charge in [-0.25, -0.2) is 4.39 Å². The second-order valence-electron chi connectivity index (χ2n) is 5.90. The summed E-state index contributed by atoms with van der Waals surface area (Å²) in [7, 11) is 0. The first-order valence-corrected chi connectivity index (χ1v) is 8.21. The smallest absolute Gasteiger partial charge is 0.124 e. The number of hydrogen-bond donors (Lipinski definition) is 2. The molecule has 2 nitrogen and oxygen atoms in total. The van der Waals surface area contributed by atoms with Gasteiger partial charge in [0.15, 0.2) is 0 Å². The lowest BCUT2D eigenvalue weighted by Crippen LogP contribution is -2.37. The Labute approximate surface area is 128 Å². The predicted octanol–water partition coefficient (Wildman–Crippen LogP) is 4.31. The van der Waals surface area contributed by atoms with Gasteiger partial charge in [0.2, 0.25) is 0 Å². The molecule has 1 aliphatic carbocycles. The fourth-order valence-corrected chi connectivity index (χ4v) is 3.82. The van der Waals surface area contributed by atoms with Crippen molar-refractivity contribution in [2.24, 2.45) is 11.1 Å². The highest BCUT2D eigenvalue weighted by molar-refractivity contribution is 9.10. The van der Waals surface area contributed by atoms with E-state index >= 15 is 0 Å². The van der Waals surface area contributed by atoms with E-state index in [1.807, 2.05) is 0 Å². The van der Waals surface area contributed by atoms with Crippen LogP contribution in [0, 0.1) is 11.2 Å². The van der Waals surface area contributed by atoms with Crippen LogP contribution in [0.15, 0.2) is 22.7 Å². The van der Waals surface area contributed by atoms with Gasteiger partial charge in [-0.3, -0.25) is 0 Å². The van der Waals surface area contributed by atoms with Crippen LogP contribution in [0.1, 0.15) is 56.6 Å². The first kappa shape index (κ1) is 15.9. The van der Waals surface area contributed by atoms with Gasteiger partial charge in [0.05, 0.1) is 6.10 Å². The predicted molar refractivity (Wildman–Crippen MR) is 82.9 cm³/mol. The molecule has 1 saturated carbocycles. The molecule has 1 atom stereocenters. The summed E-state index contributed by atoms with van der Waals surface area (Å²) in [5.74, 6) is -0.299. The lowest BCUT2D eigenvalue weighted by atomic mass is 9.70. The molecule has 0 aromatic heterocycles. The average molecular weight is 344 g/mol. The van der Waals surface area contributed by atoms with Gasteiger partial charge in [-0.15, -0.1) is 0 Å². The molecule has 4 heteroatoms. The largest absolute Gasteiger partial charge is 0.388 e. The van der Waals surface area contributed by atoms with E-state index in [1.165, 1.54) is 31.4 Å². The molecule has 0 spiro atoms. The van der Waals surface area contributed by atoms with Crippen LogP contribution in [0.25, 0.3) is 0 Å². The summed E-state index contributed by atoms with van der Waals surface area (Å²) in [6, 6.07) is 4.47. The Kier molecular flexibility index (Phi) is 5.58. The van der Waals surface area contributed by atoms with Crippen molar-refractivity contribution in [3.63, 3.8) is 0 Å². The zero-order valence-electron chi connectivity index (χ0n) is 11.7. The van der Waals surface area contributed by atoms with Crippen molar-refractivity contribution in [1.29, 1.82) is 0 Å². The Morgan fingerprint density at radius 3 is 2.35 bits per heavy atom. The first-order valence-electron chi connectivity index (χ1n) is 7.42. The summed E-state index contributed by atoms with van der Waals surface area (Å²) in [5, 5.41) is 10.9. The molecule has 1 aromatic carbocycles. The van der Waals surface area contributed by atoms with Crippen molar-refractivity contribution in [3.8, 4) is 0 Å². The Morgan fingerprint density at radius 1 is 1.20 bits per heavy atom.